The highest BCUT2D eigenvalue weighted by molar-refractivity contribution is 7.89. The van der Waals surface area contributed by atoms with Gasteiger partial charge in [0.05, 0.1) is 17.6 Å². The molecule has 2 heterocycles. The highest BCUT2D eigenvalue weighted by Crippen LogP contribution is 2.25. The van der Waals surface area contributed by atoms with Crippen LogP contribution in [0.15, 0.2) is 46.7 Å². The van der Waals surface area contributed by atoms with Crippen LogP contribution in [0.4, 0.5) is 0 Å². The van der Waals surface area contributed by atoms with E-state index in [0.717, 1.165) is 17.7 Å². The molecule has 0 bridgehead atoms. The summed E-state index contributed by atoms with van der Waals surface area (Å²) in [5, 5.41) is 1.96. The number of rotatable bonds is 8. The second-order valence-electron chi connectivity index (χ2n) is 5.92. The first-order valence-corrected chi connectivity index (χ1v) is 10.8. The first kappa shape index (κ1) is 18.4. The van der Waals surface area contributed by atoms with Gasteiger partial charge >= 0.3 is 0 Å². The summed E-state index contributed by atoms with van der Waals surface area (Å²) in [6.45, 7) is 3.91. The van der Waals surface area contributed by atoms with Gasteiger partial charge in [-0.3, -0.25) is 0 Å². The van der Waals surface area contributed by atoms with Crippen LogP contribution < -0.4 is 4.74 Å². The first-order chi connectivity index (χ1) is 12.1. The van der Waals surface area contributed by atoms with Gasteiger partial charge in [0.1, 0.15) is 5.75 Å². The lowest BCUT2D eigenvalue weighted by Crippen LogP contribution is -2.36. The van der Waals surface area contributed by atoms with Gasteiger partial charge in [-0.1, -0.05) is 6.07 Å². The fraction of sp³-hybridized carbons (Fsp3) is 0.444. The maximum Gasteiger partial charge on any atom is 0.243 e. The summed E-state index contributed by atoms with van der Waals surface area (Å²) in [5.74, 6) is 0.672. The average Bonchev–Trinajstić information content (AvgIpc) is 3.29. The van der Waals surface area contributed by atoms with E-state index in [4.69, 9.17) is 9.47 Å². The Bertz CT molecular complexity index is 751. The molecule has 0 unspecified atom stereocenters. The number of hydrogen-bond acceptors (Lipinski definition) is 5. The smallest absolute Gasteiger partial charge is 0.243 e. The second kappa shape index (κ2) is 8.31. The summed E-state index contributed by atoms with van der Waals surface area (Å²) in [5.41, 5.74) is 0. The molecule has 1 aliphatic heterocycles. The monoisotopic (exact) mass is 381 g/mol. The van der Waals surface area contributed by atoms with E-state index < -0.39 is 10.0 Å². The summed E-state index contributed by atoms with van der Waals surface area (Å²) in [4.78, 5) is 1.30. The summed E-state index contributed by atoms with van der Waals surface area (Å²) in [6, 6.07) is 10.5. The van der Waals surface area contributed by atoms with E-state index in [1.54, 1.807) is 35.6 Å². The molecule has 1 saturated heterocycles. The van der Waals surface area contributed by atoms with Crippen molar-refractivity contribution in [1.82, 2.24) is 4.31 Å². The van der Waals surface area contributed by atoms with Crippen molar-refractivity contribution in [3.05, 3.63) is 46.7 Å². The van der Waals surface area contributed by atoms with Crippen molar-refractivity contribution in [1.29, 1.82) is 0 Å². The molecule has 1 aliphatic rings. The summed E-state index contributed by atoms with van der Waals surface area (Å²) < 4.78 is 38.9. The number of ether oxygens (including phenoxy) is 2. The van der Waals surface area contributed by atoms with E-state index >= 15 is 0 Å². The Morgan fingerprint density at radius 3 is 2.68 bits per heavy atom. The predicted molar refractivity (Wildman–Crippen MR) is 98.5 cm³/mol. The number of thiophene rings is 1. The number of nitrogens with zero attached hydrogens (tertiary/aromatic N) is 1. The van der Waals surface area contributed by atoms with E-state index in [-0.39, 0.29) is 11.0 Å². The zero-order chi connectivity index (χ0) is 17.7. The normalized spacial score (nSPS) is 17.9. The molecule has 0 N–H and O–H groups in total. The number of hydrogen-bond donors (Lipinski definition) is 0. The zero-order valence-electron chi connectivity index (χ0n) is 14.3. The van der Waals surface area contributed by atoms with Gasteiger partial charge in [-0.2, -0.15) is 4.31 Å². The molecule has 0 amide bonds. The standard InChI is InChI=1S/C18H23NO4S2/c1-2-22-15-7-9-18(10-8-15)25(20,21)19(13-16-5-3-11-23-16)14-17-6-4-12-24-17/h4,6-10,12,16H,2-3,5,11,13-14H2,1H3/t16-/m1/s1. The minimum atomic E-state index is -3.59. The SMILES string of the molecule is CCOc1ccc(S(=O)(=O)N(Cc2cccs2)C[C@H]2CCCO2)cc1. The van der Waals surface area contributed by atoms with Gasteiger partial charge in [0.25, 0.3) is 0 Å². The highest BCUT2D eigenvalue weighted by Gasteiger charge is 2.29. The van der Waals surface area contributed by atoms with E-state index in [0.29, 0.717) is 32.1 Å². The molecule has 0 radical (unpaired) electrons. The van der Waals surface area contributed by atoms with Crippen molar-refractivity contribution in [2.24, 2.45) is 0 Å². The van der Waals surface area contributed by atoms with Gasteiger partial charge in [-0.15, -0.1) is 11.3 Å². The van der Waals surface area contributed by atoms with Crippen LogP contribution in [0.2, 0.25) is 0 Å². The summed E-state index contributed by atoms with van der Waals surface area (Å²) in [6.07, 6.45) is 1.86. The maximum absolute atomic E-state index is 13.1. The van der Waals surface area contributed by atoms with Crippen molar-refractivity contribution in [3.8, 4) is 5.75 Å². The van der Waals surface area contributed by atoms with E-state index in [9.17, 15) is 8.42 Å². The van der Waals surface area contributed by atoms with Crippen LogP contribution in [-0.4, -0.2) is 38.6 Å². The molecule has 1 aromatic carbocycles. The quantitative estimate of drug-likeness (QED) is 0.702. The van der Waals surface area contributed by atoms with Crippen molar-refractivity contribution in [3.63, 3.8) is 0 Å². The van der Waals surface area contributed by atoms with Gasteiger partial charge in [0.15, 0.2) is 0 Å². The Morgan fingerprint density at radius 2 is 2.08 bits per heavy atom. The summed E-state index contributed by atoms with van der Waals surface area (Å²) >= 11 is 1.56. The van der Waals surface area contributed by atoms with Crippen LogP contribution >= 0.6 is 11.3 Å². The van der Waals surface area contributed by atoms with Crippen LogP contribution in [0.25, 0.3) is 0 Å². The second-order valence-corrected chi connectivity index (χ2v) is 8.89. The van der Waals surface area contributed by atoms with Crippen molar-refractivity contribution in [2.45, 2.75) is 37.3 Å². The Balaban J connectivity index is 1.83. The van der Waals surface area contributed by atoms with E-state index in [2.05, 4.69) is 0 Å². The van der Waals surface area contributed by atoms with Gasteiger partial charge in [-0.25, -0.2) is 8.42 Å². The first-order valence-electron chi connectivity index (χ1n) is 8.46. The van der Waals surface area contributed by atoms with Crippen molar-refractivity contribution < 1.29 is 17.9 Å². The molecule has 1 aromatic heterocycles. The van der Waals surface area contributed by atoms with Crippen molar-refractivity contribution in [2.75, 3.05) is 19.8 Å². The third-order valence-corrected chi connectivity index (χ3v) is 6.80. The van der Waals surface area contributed by atoms with Gasteiger partial charge in [0.2, 0.25) is 10.0 Å². The molecule has 1 atom stereocenters. The number of sulfonamides is 1. The minimum absolute atomic E-state index is 0.0302. The van der Waals surface area contributed by atoms with Gasteiger partial charge < -0.3 is 9.47 Å². The highest BCUT2D eigenvalue weighted by atomic mass is 32.2. The van der Waals surface area contributed by atoms with Crippen LogP contribution in [-0.2, 0) is 21.3 Å². The molecular formula is C18H23NO4S2. The average molecular weight is 382 g/mol. The lowest BCUT2D eigenvalue weighted by molar-refractivity contribution is 0.0927. The molecule has 0 saturated carbocycles. The largest absolute Gasteiger partial charge is 0.494 e. The van der Waals surface area contributed by atoms with Crippen LogP contribution in [0.5, 0.6) is 5.75 Å². The Kier molecular flexibility index (Phi) is 6.11. The van der Waals surface area contributed by atoms with E-state index in [1.807, 2.05) is 24.4 Å². The lowest BCUT2D eigenvalue weighted by atomic mass is 10.2. The molecule has 3 rings (SSSR count). The fourth-order valence-corrected chi connectivity index (χ4v) is 5.11. The van der Waals surface area contributed by atoms with Crippen LogP contribution in [0, 0.1) is 0 Å². The number of benzene rings is 1. The lowest BCUT2D eigenvalue weighted by Gasteiger charge is -2.24. The molecule has 0 spiro atoms. The minimum Gasteiger partial charge on any atom is -0.494 e. The van der Waals surface area contributed by atoms with Crippen molar-refractivity contribution >= 4 is 21.4 Å². The molecule has 5 nitrogen and oxygen atoms in total. The Hall–Kier alpha value is -1.41. The molecule has 2 aromatic rings. The molecule has 0 aliphatic carbocycles. The maximum atomic E-state index is 13.1. The fourth-order valence-electron chi connectivity index (χ4n) is 2.86. The zero-order valence-corrected chi connectivity index (χ0v) is 15.9. The van der Waals surface area contributed by atoms with Crippen LogP contribution in [0.1, 0.15) is 24.6 Å². The predicted octanol–water partition coefficient (Wildman–Crippen LogP) is 3.52. The van der Waals surface area contributed by atoms with Gasteiger partial charge in [0, 0.05) is 24.6 Å². The molecular weight excluding hydrogens is 358 g/mol. The molecule has 7 heteroatoms. The van der Waals surface area contributed by atoms with Gasteiger partial charge in [-0.05, 0) is 55.5 Å². The Morgan fingerprint density at radius 1 is 1.28 bits per heavy atom. The summed E-state index contributed by atoms with van der Waals surface area (Å²) in [7, 11) is -3.59. The molecule has 136 valence electrons. The third kappa shape index (κ3) is 4.61. The molecule has 1 fully saturated rings. The third-order valence-electron chi connectivity index (χ3n) is 4.12. The Labute approximate surface area is 153 Å². The molecule has 25 heavy (non-hydrogen) atoms. The van der Waals surface area contributed by atoms with E-state index in [1.165, 1.54) is 4.31 Å². The topological polar surface area (TPSA) is 55.8 Å². The van der Waals surface area contributed by atoms with Crippen LogP contribution in [0.3, 0.4) is 0 Å².